The van der Waals surface area contributed by atoms with Crippen LogP contribution in [0.25, 0.3) is 0 Å². The number of aryl methyl sites for hydroxylation is 5. The van der Waals surface area contributed by atoms with E-state index < -0.39 is 0 Å². The second-order valence-electron chi connectivity index (χ2n) is 38.9. The molecule has 0 aromatic carbocycles. The van der Waals surface area contributed by atoms with Crippen molar-refractivity contribution in [2.75, 3.05) is 0 Å². The third kappa shape index (κ3) is 64.7. The van der Waals surface area contributed by atoms with Crippen molar-refractivity contribution in [3.05, 3.63) is 171 Å². The monoisotopic (exact) mass is 1980 g/mol. The summed E-state index contributed by atoms with van der Waals surface area (Å²) in [6, 6.07) is 6.22. The summed E-state index contributed by atoms with van der Waals surface area (Å²) in [6.07, 6.45) is 9.43. The molecule has 12 rings (SSSR count). The first-order chi connectivity index (χ1) is 58.3. The minimum absolute atomic E-state index is 0.102. The average Bonchev–Trinajstić information content (AvgIpc) is 1.72. The molecule has 0 saturated carbocycles. The van der Waals surface area contributed by atoms with Gasteiger partial charge in [-0.2, -0.15) is 13.1 Å². The molecule has 0 unspecified atom stereocenters. The van der Waals surface area contributed by atoms with E-state index in [1.165, 1.54) is 116 Å². The molecule has 29 heteroatoms. The SMILES string of the molecule is CC.CC.CC.CC.CC.CC.CC.CC(C)(C)c1ccns1.CC(C)(C)c1ccns1.CC(C)(C)c1ccsn1.CC(C)(C)c1cncs1.CC(C)(C)c1cnsc1.CC(C)(C)c1cscn1.CC(C)(C)c1nccs1.Cc1nc(C(C)(C)C)ns1.Cc1nnc(C(C)(C)C)s1.Cc1nnsc1C(C)(C)C.Cc1nsc(C(C)(C)C)n1.Cc1snnc1C(C)(C)C. The van der Waals surface area contributed by atoms with Crippen molar-refractivity contribution in [3.8, 4) is 0 Å². The summed E-state index contributed by atoms with van der Waals surface area (Å²) in [5, 5.41) is 29.8. The van der Waals surface area contributed by atoms with Gasteiger partial charge in [-0.1, -0.05) is 355 Å². The molecule has 0 aliphatic carbocycles. The van der Waals surface area contributed by atoms with Crippen molar-refractivity contribution < 1.29 is 0 Å². The summed E-state index contributed by atoms with van der Waals surface area (Å²) in [5.74, 6) is 1.84. The Morgan fingerprint density at radius 2 is 0.787 bits per heavy atom. The molecule has 0 atom stereocenters. The fraction of sp³-hybridized carbons (Fsp3) is 0.684. The maximum Gasteiger partial charge on any atom is 0.147 e. The number of hydrogen-bond donors (Lipinski definition) is 0. The van der Waals surface area contributed by atoms with E-state index in [4.69, 9.17) is 0 Å². The molecule has 0 aliphatic rings. The van der Waals surface area contributed by atoms with Crippen LogP contribution in [0, 0.1) is 34.6 Å². The molecule has 0 bridgehead atoms. The summed E-state index contributed by atoms with van der Waals surface area (Å²) < 4.78 is 32.4. The van der Waals surface area contributed by atoms with E-state index in [2.05, 4.69) is 366 Å². The third-order valence-electron chi connectivity index (χ3n) is 14.5. The van der Waals surface area contributed by atoms with E-state index in [1.807, 2.05) is 177 Å². The van der Waals surface area contributed by atoms with Gasteiger partial charge < -0.3 is 0 Å². The van der Waals surface area contributed by atoms with Crippen molar-refractivity contribution in [1.82, 2.24) is 80.5 Å². The molecule has 12 heterocycles. The summed E-state index contributed by atoms with van der Waals surface area (Å²) in [6.45, 7) is 116. The summed E-state index contributed by atoms with van der Waals surface area (Å²) in [4.78, 5) is 27.6. The van der Waals surface area contributed by atoms with Gasteiger partial charge in [0.15, 0.2) is 0 Å². The number of aromatic nitrogens is 17. The molecule has 728 valence electrons. The fourth-order valence-electron chi connectivity index (χ4n) is 7.78. The van der Waals surface area contributed by atoms with Crippen molar-refractivity contribution in [2.45, 2.75) is 446 Å². The standard InChI is InChI=1S/5C7H12N2S.7C7H11NS.7C2H6/c1-5-8-9-6(10-5)7(2,3)4;1-5-8-6(9-10-5)7(2,3)4;1-5-8-6(10-9-5)7(2,3)4;1-5-6(7(2,3)4)8-9-10-5;1-5-6(7(2,3)4)10-9-8-5;1-7(2,3)6-4-9-5-8-6;1-7(2,3)6-4-8-5-9-6;1-7(2,3)6-4-8-9-5-6;1-7(2,3)6-8-4-5-9-6;1-7(2,3)6-4-5-9-8-6;2*1-7(2,3)6-4-5-8-9-6;7*1-2/h5*1-4H3;7*4-5H,1-3H3;7*1-2H3. The van der Waals surface area contributed by atoms with Gasteiger partial charge in [-0.05, 0) is 178 Å². The van der Waals surface area contributed by atoms with Crippen LogP contribution in [0.15, 0.2) is 81.7 Å². The predicted molar refractivity (Wildman–Crippen MR) is 582 cm³/mol. The highest BCUT2D eigenvalue weighted by molar-refractivity contribution is 7.11. The zero-order valence-corrected chi connectivity index (χ0v) is 99.9. The largest absolute Gasteiger partial charge is 0.253 e. The Kier molecular flexibility index (Phi) is 71.8. The van der Waals surface area contributed by atoms with Gasteiger partial charge in [0.2, 0.25) is 0 Å². The Hall–Kier alpha value is -4.79. The van der Waals surface area contributed by atoms with E-state index in [0.717, 1.165) is 43.1 Å². The van der Waals surface area contributed by atoms with Crippen molar-refractivity contribution in [2.24, 2.45) is 0 Å². The van der Waals surface area contributed by atoms with Gasteiger partial charge in [0, 0.05) is 110 Å². The number of nitrogens with zero attached hydrogens (tertiary/aromatic N) is 17. The Balaban J connectivity index is -0.000000244. The lowest BCUT2D eigenvalue weighted by molar-refractivity contribution is 0.553. The Morgan fingerprint density at radius 3 is 0.961 bits per heavy atom. The Bertz CT molecular complexity index is 3720. The molecule has 0 spiro atoms. The lowest BCUT2D eigenvalue weighted by Gasteiger charge is -2.14. The van der Waals surface area contributed by atoms with Crippen LogP contribution >= 0.6 is 138 Å². The first-order valence-electron chi connectivity index (χ1n) is 44.6. The van der Waals surface area contributed by atoms with Crippen LogP contribution < -0.4 is 0 Å². The van der Waals surface area contributed by atoms with Crippen molar-refractivity contribution in [3.63, 3.8) is 0 Å². The van der Waals surface area contributed by atoms with Crippen LogP contribution in [0.4, 0.5) is 0 Å². The lowest BCUT2D eigenvalue weighted by Crippen LogP contribution is -2.12. The average molecular weight is 1980 g/mol. The van der Waals surface area contributed by atoms with Gasteiger partial charge in [0.1, 0.15) is 31.7 Å². The predicted octanol–water partition coefficient (Wildman–Crippen LogP) is 35.0. The van der Waals surface area contributed by atoms with Gasteiger partial charge >= 0.3 is 0 Å². The number of rotatable bonds is 0. The minimum atomic E-state index is 0.102. The van der Waals surface area contributed by atoms with Crippen LogP contribution in [0.5, 0.6) is 0 Å². The molecule has 0 saturated heterocycles. The maximum atomic E-state index is 4.29. The van der Waals surface area contributed by atoms with Gasteiger partial charge in [0.05, 0.1) is 43.7 Å². The van der Waals surface area contributed by atoms with Crippen LogP contribution in [0.1, 0.15) is 436 Å². The van der Waals surface area contributed by atoms with E-state index in [1.54, 1.807) is 68.4 Å². The summed E-state index contributed by atoms with van der Waals surface area (Å²) in [5.41, 5.74) is 12.2. The molecule has 0 aliphatic heterocycles. The first kappa shape index (κ1) is 135. The van der Waals surface area contributed by atoms with E-state index in [0.29, 0.717) is 0 Å². The highest BCUT2D eigenvalue weighted by Gasteiger charge is 2.25. The van der Waals surface area contributed by atoms with Crippen LogP contribution in [-0.4, -0.2) is 80.5 Å². The van der Waals surface area contributed by atoms with E-state index in [-0.39, 0.29) is 65.0 Å². The number of hydrogen-bond acceptors (Lipinski definition) is 29. The molecule has 0 N–H and O–H groups in total. The van der Waals surface area contributed by atoms with Crippen molar-refractivity contribution >= 4 is 138 Å². The second-order valence-corrected chi connectivity index (χ2v) is 49.0. The van der Waals surface area contributed by atoms with Gasteiger partial charge in [-0.25, -0.2) is 33.1 Å². The third-order valence-corrected chi connectivity index (χ3v) is 26.0. The molecule has 0 amide bonds. The minimum Gasteiger partial charge on any atom is -0.253 e. The molecular formula is C98H179N17S12. The fourth-order valence-corrected chi connectivity index (χ4v) is 16.2. The highest BCUT2D eigenvalue weighted by atomic mass is 32.1. The maximum absolute atomic E-state index is 4.29. The highest BCUT2D eigenvalue weighted by Crippen LogP contribution is 2.32. The Labute approximate surface area is 827 Å². The van der Waals surface area contributed by atoms with Gasteiger partial charge in [-0.15, -0.1) is 65.7 Å². The second kappa shape index (κ2) is 67.4. The molecule has 12 aromatic rings. The van der Waals surface area contributed by atoms with E-state index in [9.17, 15) is 0 Å². The van der Waals surface area contributed by atoms with Crippen LogP contribution in [-0.2, 0) is 65.0 Å². The van der Waals surface area contributed by atoms with Gasteiger partial charge in [-0.3, -0.25) is 4.98 Å². The zero-order valence-electron chi connectivity index (χ0n) is 90.1. The molecule has 0 radical (unpaired) electrons. The van der Waals surface area contributed by atoms with Gasteiger partial charge in [0.25, 0.3) is 0 Å². The summed E-state index contributed by atoms with van der Waals surface area (Å²) in [7, 11) is 0. The van der Waals surface area contributed by atoms with Crippen LogP contribution in [0.3, 0.4) is 0 Å². The Morgan fingerprint density at radius 1 is 0.307 bits per heavy atom. The number of thiazole rings is 3. The molecule has 12 aromatic heterocycles. The molecule has 0 fully saturated rings. The normalized spacial score (nSPS) is 11.0. The summed E-state index contributed by atoms with van der Waals surface area (Å²) >= 11 is 18.9. The lowest BCUT2D eigenvalue weighted by atomic mass is 9.90. The van der Waals surface area contributed by atoms with Crippen molar-refractivity contribution in [1.29, 1.82) is 0 Å². The molecule has 17 nitrogen and oxygen atoms in total. The zero-order chi connectivity index (χ0) is 101. The van der Waals surface area contributed by atoms with E-state index >= 15 is 0 Å². The first-order valence-corrected chi connectivity index (χ1v) is 54.4. The smallest absolute Gasteiger partial charge is 0.147 e. The molecule has 127 heavy (non-hydrogen) atoms. The molecular weight excluding hydrogens is 1800 g/mol. The van der Waals surface area contributed by atoms with Crippen LogP contribution in [0.2, 0.25) is 0 Å². The topological polar surface area (TPSA) is 219 Å². The quantitative estimate of drug-likeness (QED) is 0.138.